The molecular formula is C50H37NO. The number of nitrogens with zero attached hydrogens (tertiary/aromatic N) is 1. The van der Waals surface area contributed by atoms with Gasteiger partial charge in [0.2, 0.25) is 0 Å². The summed E-state index contributed by atoms with van der Waals surface area (Å²) in [6.45, 7) is 0. The quantitative estimate of drug-likeness (QED) is 0.175. The molecule has 0 fully saturated rings. The zero-order valence-corrected chi connectivity index (χ0v) is 28.8. The van der Waals surface area contributed by atoms with Gasteiger partial charge in [0.25, 0.3) is 0 Å². The lowest BCUT2D eigenvalue weighted by Gasteiger charge is -2.30. The molecule has 1 aliphatic heterocycles. The normalized spacial score (nSPS) is 17.0. The summed E-state index contributed by atoms with van der Waals surface area (Å²) < 4.78 is 6.34. The monoisotopic (exact) mass is 667 g/mol. The Hall–Kier alpha value is -6.38. The Bertz CT molecular complexity index is 2560. The number of ether oxygens (including phenoxy) is 1. The summed E-state index contributed by atoms with van der Waals surface area (Å²) in [6, 6.07) is 59.5. The fraction of sp³-hybridized carbons (Fsp3) is 0.0800. The van der Waals surface area contributed by atoms with Crippen molar-refractivity contribution < 1.29 is 4.74 Å². The molecule has 52 heavy (non-hydrogen) atoms. The zero-order chi connectivity index (χ0) is 34.4. The maximum atomic E-state index is 6.34. The SMILES string of the molecule is C1=CC2Oc3ccccc3C2C=C1N(c1ccc(-c2ccccc2)cc1)c1cccc(C2=Cc3cc(-c4ccc5ccccc5c4)ccc3CC2)c1. The Morgan fingerprint density at radius 3 is 2.15 bits per heavy atom. The van der Waals surface area contributed by atoms with E-state index in [0.29, 0.717) is 0 Å². The summed E-state index contributed by atoms with van der Waals surface area (Å²) in [5.41, 5.74) is 15.0. The van der Waals surface area contributed by atoms with E-state index in [-0.39, 0.29) is 12.0 Å². The van der Waals surface area contributed by atoms with Gasteiger partial charge in [-0.2, -0.15) is 0 Å². The van der Waals surface area contributed by atoms with Gasteiger partial charge < -0.3 is 9.64 Å². The number of fused-ring (bicyclic) bond motifs is 5. The van der Waals surface area contributed by atoms with Gasteiger partial charge >= 0.3 is 0 Å². The van der Waals surface area contributed by atoms with E-state index in [2.05, 4.69) is 193 Å². The number of hydrogen-bond acceptors (Lipinski definition) is 2. The van der Waals surface area contributed by atoms with Gasteiger partial charge in [-0.25, -0.2) is 0 Å². The predicted molar refractivity (Wildman–Crippen MR) is 217 cm³/mol. The minimum absolute atomic E-state index is 0.0155. The molecular weight excluding hydrogens is 631 g/mol. The molecule has 0 spiro atoms. The molecule has 0 amide bonds. The smallest absolute Gasteiger partial charge is 0.128 e. The van der Waals surface area contributed by atoms with E-state index < -0.39 is 0 Å². The predicted octanol–water partition coefficient (Wildman–Crippen LogP) is 12.8. The second-order valence-electron chi connectivity index (χ2n) is 14.0. The van der Waals surface area contributed by atoms with Crippen LogP contribution in [-0.4, -0.2) is 6.10 Å². The highest BCUT2D eigenvalue weighted by Gasteiger charge is 2.34. The molecule has 248 valence electrons. The van der Waals surface area contributed by atoms with Crippen LogP contribution in [0.4, 0.5) is 11.4 Å². The molecule has 2 aliphatic carbocycles. The lowest BCUT2D eigenvalue weighted by atomic mass is 9.86. The summed E-state index contributed by atoms with van der Waals surface area (Å²) in [7, 11) is 0. The third-order valence-corrected chi connectivity index (χ3v) is 10.9. The first-order valence-corrected chi connectivity index (χ1v) is 18.3. The van der Waals surface area contributed by atoms with Gasteiger partial charge in [0.1, 0.15) is 11.9 Å². The topological polar surface area (TPSA) is 12.5 Å². The van der Waals surface area contributed by atoms with Crippen molar-refractivity contribution in [2.24, 2.45) is 0 Å². The van der Waals surface area contributed by atoms with E-state index in [0.717, 1.165) is 35.7 Å². The molecule has 2 atom stereocenters. The number of hydrogen-bond donors (Lipinski definition) is 0. The summed E-state index contributed by atoms with van der Waals surface area (Å²) in [6.07, 6.45) is 11.3. The fourth-order valence-electron chi connectivity index (χ4n) is 8.17. The first kappa shape index (κ1) is 30.4. The molecule has 0 saturated carbocycles. The van der Waals surface area contributed by atoms with Gasteiger partial charge in [-0.15, -0.1) is 0 Å². The van der Waals surface area contributed by atoms with E-state index in [4.69, 9.17) is 4.74 Å². The van der Waals surface area contributed by atoms with Crippen LogP contribution >= 0.6 is 0 Å². The van der Waals surface area contributed by atoms with Crippen LogP contribution in [0.15, 0.2) is 188 Å². The molecule has 10 rings (SSSR count). The molecule has 3 aliphatic rings. The van der Waals surface area contributed by atoms with Crippen LogP contribution < -0.4 is 9.64 Å². The standard InChI is InChI=1S/C50H37NO/c1-2-9-34(10-3-1)36-23-25-44(26-24-36)51(46-27-28-50-48(33-46)47-15-6-7-16-49(47)52-50)45-14-8-13-39(32-45)41-21-18-37-19-22-42(31-43(37)30-41)40-20-17-35-11-4-5-12-38(35)29-40/h1-17,19-20,22-33,48,50H,18,21H2. The van der Waals surface area contributed by atoms with Gasteiger partial charge in [-0.1, -0.05) is 127 Å². The molecule has 2 unspecified atom stereocenters. The Morgan fingerprint density at radius 1 is 0.519 bits per heavy atom. The maximum Gasteiger partial charge on any atom is 0.128 e. The Kier molecular flexibility index (Phi) is 7.46. The van der Waals surface area contributed by atoms with Crippen molar-refractivity contribution in [3.8, 4) is 28.0 Å². The Morgan fingerprint density at radius 2 is 1.25 bits per heavy atom. The molecule has 2 nitrogen and oxygen atoms in total. The number of rotatable bonds is 6. The van der Waals surface area contributed by atoms with Crippen LogP contribution in [-0.2, 0) is 6.42 Å². The Labute approximate surface area is 305 Å². The minimum atomic E-state index is 0.0155. The lowest BCUT2D eigenvalue weighted by molar-refractivity contribution is 0.268. The van der Waals surface area contributed by atoms with Crippen LogP contribution in [0.5, 0.6) is 5.75 Å². The van der Waals surface area contributed by atoms with Gasteiger partial charge in [0.15, 0.2) is 0 Å². The highest BCUT2D eigenvalue weighted by atomic mass is 16.5. The van der Waals surface area contributed by atoms with Crippen LogP contribution in [0.25, 0.3) is 44.7 Å². The molecule has 2 heteroatoms. The molecule has 7 aromatic rings. The third kappa shape index (κ3) is 5.54. The van der Waals surface area contributed by atoms with Crippen molar-refractivity contribution in [2.75, 3.05) is 4.90 Å². The molecule has 7 aromatic carbocycles. The van der Waals surface area contributed by atoms with Crippen molar-refractivity contribution in [3.05, 3.63) is 210 Å². The Balaban J connectivity index is 1.03. The van der Waals surface area contributed by atoms with Gasteiger partial charge in [-0.3, -0.25) is 0 Å². The average molecular weight is 668 g/mol. The maximum absolute atomic E-state index is 6.34. The van der Waals surface area contributed by atoms with Gasteiger partial charge in [0.05, 0.1) is 0 Å². The van der Waals surface area contributed by atoms with Gasteiger partial charge in [0, 0.05) is 28.6 Å². The molecule has 0 radical (unpaired) electrons. The molecule has 0 bridgehead atoms. The van der Waals surface area contributed by atoms with E-state index >= 15 is 0 Å². The molecule has 0 aromatic heterocycles. The fourth-order valence-corrected chi connectivity index (χ4v) is 8.17. The van der Waals surface area contributed by atoms with Crippen molar-refractivity contribution in [2.45, 2.75) is 24.9 Å². The zero-order valence-electron chi connectivity index (χ0n) is 28.8. The van der Waals surface area contributed by atoms with Crippen molar-refractivity contribution in [3.63, 3.8) is 0 Å². The molecule has 1 heterocycles. The van der Waals surface area contributed by atoms with Crippen LogP contribution in [0, 0.1) is 0 Å². The summed E-state index contributed by atoms with van der Waals surface area (Å²) in [4.78, 5) is 2.40. The van der Waals surface area contributed by atoms with Crippen molar-refractivity contribution in [1.82, 2.24) is 0 Å². The average Bonchev–Trinajstić information content (AvgIpc) is 3.59. The number of benzene rings is 7. The van der Waals surface area contributed by atoms with E-state index in [1.165, 1.54) is 60.9 Å². The van der Waals surface area contributed by atoms with Crippen LogP contribution in [0.2, 0.25) is 0 Å². The largest absolute Gasteiger partial charge is 0.485 e. The summed E-state index contributed by atoms with van der Waals surface area (Å²) >= 11 is 0. The van der Waals surface area contributed by atoms with Gasteiger partial charge in [-0.05, 0) is 129 Å². The van der Waals surface area contributed by atoms with Crippen molar-refractivity contribution in [1.29, 1.82) is 0 Å². The highest BCUT2D eigenvalue weighted by molar-refractivity contribution is 5.90. The van der Waals surface area contributed by atoms with E-state index in [1.54, 1.807) is 0 Å². The second kappa shape index (κ2) is 12.7. The summed E-state index contributed by atoms with van der Waals surface area (Å²) in [5, 5.41) is 2.54. The van der Waals surface area contributed by atoms with E-state index in [9.17, 15) is 0 Å². The third-order valence-electron chi connectivity index (χ3n) is 10.9. The minimum Gasteiger partial charge on any atom is -0.485 e. The first-order chi connectivity index (χ1) is 25.7. The number of aryl methyl sites for hydroxylation is 1. The number of anilines is 2. The second-order valence-corrected chi connectivity index (χ2v) is 14.0. The number of allylic oxidation sites excluding steroid dienone is 2. The van der Waals surface area contributed by atoms with Crippen LogP contribution in [0.1, 0.15) is 34.6 Å². The molecule has 0 N–H and O–H groups in total. The van der Waals surface area contributed by atoms with Crippen LogP contribution in [0.3, 0.4) is 0 Å². The highest BCUT2D eigenvalue weighted by Crippen LogP contribution is 2.45. The molecule has 0 saturated heterocycles. The van der Waals surface area contributed by atoms with E-state index in [1.807, 2.05) is 0 Å². The van der Waals surface area contributed by atoms with Crippen molar-refractivity contribution >= 4 is 33.8 Å². The lowest BCUT2D eigenvalue weighted by Crippen LogP contribution is -2.23. The number of para-hydroxylation sites is 1. The summed E-state index contributed by atoms with van der Waals surface area (Å²) in [5.74, 6) is 1.15. The first-order valence-electron chi connectivity index (χ1n) is 18.3.